The summed E-state index contributed by atoms with van der Waals surface area (Å²) in [6, 6.07) is 16.9. The number of methoxy groups -OCH3 is 1. The van der Waals surface area contributed by atoms with E-state index in [2.05, 4.69) is 16.2 Å². The fourth-order valence-electron chi connectivity index (χ4n) is 2.89. The highest BCUT2D eigenvalue weighted by atomic mass is 35.5. The number of halogens is 1. The number of rotatable bonds is 6. The monoisotopic (exact) mass is 481 g/mol. The van der Waals surface area contributed by atoms with E-state index in [1.165, 1.54) is 50.4 Å². The molecule has 0 saturated heterocycles. The number of hydrazine groups is 1. The van der Waals surface area contributed by atoms with Crippen LogP contribution in [0.5, 0.6) is 11.5 Å². The predicted molar refractivity (Wildman–Crippen MR) is 125 cm³/mol. The molecule has 0 aliphatic rings. The molecular weight excluding hydrogens is 462 g/mol. The summed E-state index contributed by atoms with van der Waals surface area (Å²) in [6.45, 7) is 1.26. The van der Waals surface area contributed by atoms with Crippen molar-refractivity contribution in [2.45, 2.75) is 6.92 Å². The van der Waals surface area contributed by atoms with Crippen LogP contribution in [0, 0.1) is 0 Å². The van der Waals surface area contributed by atoms with E-state index in [0.717, 1.165) is 0 Å². The van der Waals surface area contributed by atoms with Gasteiger partial charge in [0, 0.05) is 23.7 Å². The van der Waals surface area contributed by atoms with Crippen LogP contribution in [0.2, 0.25) is 5.02 Å². The zero-order chi connectivity index (χ0) is 24.7. The highest BCUT2D eigenvalue weighted by Gasteiger charge is 2.15. The Kier molecular flexibility index (Phi) is 7.83. The van der Waals surface area contributed by atoms with E-state index in [1.54, 1.807) is 30.3 Å². The number of hydrogen-bond acceptors (Lipinski definition) is 6. The van der Waals surface area contributed by atoms with Crippen LogP contribution < -0.4 is 25.6 Å². The van der Waals surface area contributed by atoms with Gasteiger partial charge in [-0.2, -0.15) is 0 Å². The maximum atomic E-state index is 12.7. The molecule has 0 heterocycles. The zero-order valence-corrected chi connectivity index (χ0v) is 18.9. The van der Waals surface area contributed by atoms with Gasteiger partial charge in [-0.25, -0.2) is 0 Å². The van der Waals surface area contributed by atoms with Crippen molar-refractivity contribution in [2.75, 3.05) is 12.4 Å². The van der Waals surface area contributed by atoms with E-state index in [-0.39, 0.29) is 33.2 Å². The van der Waals surface area contributed by atoms with E-state index in [1.807, 2.05) is 0 Å². The summed E-state index contributed by atoms with van der Waals surface area (Å²) in [5.41, 5.74) is 5.60. The molecule has 3 rings (SSSR count). The van der Waals surface area contributed by atoms with Crippen molar-refractivity contribution in [3.63, 3.8) is 0 Å². The van der Waals surface area contributed by atoms with Crippen molar-refractivity contribution < 1.29 is 28.7 Å². The quantitative estimate of drug-likeness (QED) is 0.281. The second-order valence-electron chi connectivity index (χ2n) is 6.88. The number of nitrogens with one attached hydrogen (secondary N) is 3. The number of benzene rings is 3. The Labute approximate surface area is 200 Å². The third kappa shape index (κ3) is 6.11. The molecule has 34 heavy (non-hydrogen) atoms. The molecule has 0 aliphatic heterocycles. The molecule has 174 valence electrons. The lowest BCUT2D eigenvalue weighted by Crippen LogP contribution is -2.41. The van der Waals surface area contributed by atoms with Gasteiger partial charge in [-0.1, -0.05) is 29.8 Å². The number of ether oxygens (including phenoxy) is 2. The van der Waals surface area contributed by atoms with Crippen LogP contribution in [0.25, 0.3) is 0 Å². The highest BCUT2D eigenvalue weighted by Crippen LogP contribution is 2.28. The Morgan fingerprint density at radius 3 is 2.18 bits per heavy atom. The second kappa shape index (κ2) is 11.0. The van der Waals surface area contributed by atoms with Gasteiger partial charge in [-0.05, 0) is 48.5 Å². The molecule has 0 unspecified atom stereocenters. The highest BCUT2D eigenvalue weighted by molar-refractivity contribution is 6.33. The minimum Gasteiger partial charge on any atom is -0.493 e. The van der Waals surface area contributed by atoms with Crippen molar-refractivity contribution in [2.24, 2.45) is 0 Å². The molecule has 3 amide bonds. The van der Waals surface area contributed by atoms with E-state index in [4.69, 9.17) is 21.1 Å². The van der Waals surface area contributed by atoms with E-state index in [0.29, 0.717) is 5.69 Å². The first kappa shape index (κ1) is 24.3. The first-order chi connectivity index (χ1) is 16.3. The SMILES string of the molecule is COc1cc(C(=O)Nc2cccc(C(=O)NNC(=O)c3ccccc3Cl)c2)ccc1OC(C)=O. The van der Waals surface area contributed by atoms with Gasteiger partial charge in [-0.3, -0.25) is 30.0 Å². The first-order valence-corrected chi connectivity index (χ1v) is 10.3. The predicted octanol–water partition coefficient (Wildman–Crippen LogP) is 3.60. The average Bonchev–Trinajstić information content (AvgIpc) is 2.82. The van der Waals surface area contributed by atoms with Crippen molar-refractivity contribution in [3.8, 4) is 11.5 Å². The van der Waals surface area contributed by atoms with Crippen LogP contribution in [0.4, 0.5) is 5.69 Å². The summed E-state index contributed by atoms with van der Waals surface area (Å²) >= 11 is 5.98. The van der Waals surface area contributed by atoms with Crippen LogP contribution >= 0.6 is 11.6 Å². The van der Waals surface area contributed by atoms with Crippen LogP contribution in [0.1, 0.15) is 38.0 Å². The average molecular weight is 482 g/mol. The standard InChI is InChI=1S/C24H20ClN3O6/c1-14(29)34-20-11-10-16(13-21(20)33-2)22(30)26-17-7-5-6-15(12-17)23(31)27-28-24(32)18-8-3-4-9-19(18)25/h3-13H,1-2H3,(H,26,30)(H,27,31)(H,28,32). The van der Waals surface area contributed by atoms with Crippen molar-refractivity contribution in [3.05, 3.63) is 88.4 Å². The van der Waals surface area contributed by atoms with Crippen LogP contribution in [-0.4, -0.2) is 30.8 Å². The molecular formula is C24H20ClN3O6. The van der Waals surface area contributed by atoms with Gasteiger partial charge < -0.3 is 14.8 Å². The van der Waals surface area contributed by atoms with Gasteiger partial charge in [0.1, 0.15) is 0 Å². The summed E-state index contributed by atoms with van der Waals surface area (Å²) in [5, 5.41) is 2.92. The number of anilines is 1. The largest absolute Gasteiger partial charge is 0.493 e. The van der Waals surface area contributed by atoms with Crippen molar-refractivity contribution in [1.82, 2.24) is 10.9 Å². The Hall–Kier alpha value is -4.37. The lowest BCUT2D eigenvalue weighted by molar-refractivity contribution is -0.132. The molecule has 0 saturated carbocycles. The Balaban J connectivity index is 1.66. The molecule has 0 bridgehead atoms. The third-order valence-corrected chi connectivity index (χ3v) is 4.80. The lowest BCUT2D eigenvalue weighted by atomic mass is 10.1. The van der Waals surface area contributed by atoms with Gasteiger partial charge in [-0.15, -0.1) is 0 Å². The molecule has 0 aliphatic carbocycles. The summed E-state index contributed by atoms with van der Waals surface area (Å²) in [4.78, 5) is 48.5. The van der Waals surface area contributed by atoms with Crippen molar-refractivity contribution >= 4 is 41.0 Å². The summed E-state index contributed by atoms with van der Waals surface area (Å²) in [5.74, 6) is -1.77. The number of amides is 3. The number of esters is 1. The molecule has 0 spiro atoms. The molecule has 3 aromatic rings. The van der Waals surface area contributed by atoms with Gasteiger partial charge in [0.05, 0.1) is 17.7 Å². The fraction of sp³-hybridized carbons (Fsp3) is 0.0833. The second-order valence-corrected chi connectivity index (χ2v) is 7.29. The van der Waals surface area contributed by atoms with Gasteiger partial charge >= 0.3 is 5.97 Å². The summed E-state index contributed by atoms with van der Waals surface area (Å²) < 4.78 is 10.2. The van der Waals surface area contributed by atoms with Gasteiger partial charge in [0.2, 0.25) is 0 Å². The maximum Gasteiger partial charge on any atom is 0.308 e. The Bertz CT molecular complexity index is 1260. The van der Waals surface area contributed by atoms with Crippen LogP contribution in [0.15, 0.2) is 66.7 Å². The number of hydrogen-bond donors (Lipinski definition) is 3. The summed E-state index contributed by atoms with van der Waals surface area (Å²) in [6.07, 6.45) is 0. The van der Waals surface area contributed by atoms with E-state index < -0.39 is 23.7 Å². The molecule has 0 aromatic heterocycles. The topological polar surface area (TPSA) is 123 Å². The Morgan fingerprint density at radius 2 is 1.47 bits per heavy atom. The Morgan fingerprint density at radius 1 is 0.765 bits per heavy atom. The fourth-order valence-corrected chi connectivity index (χ4v) is 3.11. The molecule has 0 radical (unpaired) electrons. The van der Waals surface area contributed by atoms with Gasteiger partial charge in [0.25, 0.3) is 17.7 Å². The minimum atomic E-state index is -0.594. The third-order valence-electron chi connectivity index (χ3n) is 4.47. The molecule has 0 atom stereocenters. The summed E-state index contributed by atoms with van der Waals surface area (Å²) in [7, 11) is 1.39. The number of carbonyl (C=O) groups is 4. The number of carbonyl (C=O) groups excluding carboxylic acids is 4. The lowest BCUT2D eigenvalue weighted by Gasteiger charge is -2.11. The van der Waals surface area contributed by atoms with E-state index >= 15 is 0 Å². The van der Waals surface area contributed by atoms with Gasteiger partial charge in [0.15, 0.2) is 11.5 Å². The normalized spacial score (nSPS) is 10.1. The molecule has 3 N–H and O–H groups in total. The smallest absolute Gasteiger partial charge is 0.308 e. The molecule has 3 aromatic carbocycles. The minimum absolute atomic E-state index is 0.184. The maximum absolute atomic E-state index is 12.7. The molecule has 9 nitrogen and oxygen atoms in total. The van der Waals surface area contributed by atoms with E-state index in [9.17, 15) is 19.2 Å². The molecule has 0 fully saturated rings. The van der Waals surface area contributed by atoms with Crippen LogP contribution in [-0.2, 0) is 4.79 Å². The zero-order valence-electron chi connectivity index (χ0n) is 18.2. The van der Waals surface area contributed by atoms with Crippen LogP contribution in [0.3, 0.4) is 0 Å². The molecule has 10 heteroatoms. The first-order valence-electron chi connectivity index (χ1n) is 9.91. The van der Waals surface area contributed by atoms with Crippen molar-refractivity contribution in [1.29, 1.82) is 0 Å².